The minimum absolute atomic E-state index is 0.164. The van der Waals surface area contributed by atoms with Crippen LogP contribution in [0.1, 0.15) is 0 Å². The normalized spacial score (nSPS) is 10.5. The first-order valence-corrected chi connectivity index (χ1v) is 4.98. The number of nitrogen functional groups attached to an aromatic ring is 1. The van der Waals surface area contributed by atoms with E-state index in [2.05, 4.69) is 31.3 Å². The van der Waals surface area contributed by atoms with Crippen LogP contribution in [-0.4, -0.2) is 9.97 Å². The molecule has 0 saturated heterocycles. The molecule has 0 unspecified atom stereocenters. The third-order valence-corrected chi connectivity index (χ3v) is 2.60. The molecule has 2 rings (SSSR count). The molecule has 14 heavy (non-hydrogen) atoms. The number of halogens is 2. The highest BCUT2D eigenvalue weighted by molar-refractivity contribution is 9.10. The number of nitrogens with one attached hydrogen (secondary N) is 1. The molecule has 0 radical (unpaired) electrons. The van der Waals surface area contributed by atoms with Gasteiger partial charge in [-0.15, -0.1) is 0 Å². The van der Waals surface area contributed by atoms with Gasteiger partial charge in [0.2, 0.25) is 5.28 Å². The summed E-state index contributed by atoms with van der Waals surface area (Å²) in [5.41, 5.74) is 3.22. The van der Waals surface area contributed by atoms with Crippen LogP contribution < -0.4 is 11.3 Å². The molecule has 0 fully saturated rings. The fourth-order valence-electron chi connectivity index (χ4n) is 1.20. The average Bonchev–Trinajstić information content (AvgIpc) is 2.18. The summed E-state index contributed by atoms with van der Waals surface area (Å²) in [6.07, 6.45) is 0. The van der Waals surface area contributed by atoms with E-state index >= 15 is 0 Å². The summed E-state index contributed by atoms with van der Waals surface area (Å²) >= 11 is 9.11. The van der Waals surface area contributed by atoms with Gasteiger partial charge in [-0.1, -0.05) is 6.07 Å². The van der Waals surface area contributed by atoms with Gasteiger partial charge in [0, 0.05) is 9.86 Å². The molecule has 0 aliphatic rings. The fourth-order valence-corrected chi connectivity index (χ4v) is 1.82. The van der Waals surface area contributed by atoms with Crippen molar-refractivity contribution in [3.8, 4) is 0 Å². The second kappa shape index (κ2) is 3.68. The Morgan fingerprint density at radius 2 is 2.14 bits per heavy atom. The molecular weight excluding hydrogens is 267 g/mol. The standard InChI is InChI=1S/C8H6BrClN4/c9-5-3-1-2-4-6(5)12-8(10)13-7(4)14-11/h1-3H,11H2,(H,12,13,14). The minimum Gasteiger partial charge on any atom is -0.308 e. The van der Waals surface area contributed by atoms with Crippen molar-refractivity contribution in [1.82, 2.24) is 9.97 Å². The van der Waals surface area contributed by atoms with Crippen LogP contribution in [0.15, 0.2) is 22.7 Å². The first-order valence-electron chi connectivity index (χ1n) is 3.81. The number of hydrogen-bond donors (Lipinski definition) is 2. The molecule has 0 atom stereocenters. The number of hydrogen-bond acceptors (Lipinski definition) is 4. The summed E-state index contributed by atoms with van der Waals surface area (Å²) in [5, 5.41) is 0.989. The van der Waals surface area contributed by atoms with E-state index in [1.54, 1.807) is 0 Å². The zero-order chi connectivity index (χ0) is 10.1. The minimum atomic E-state index is 0.164. The first-order chi connectivity index (χ1) is 6.72. The summed E-state index contributed by atoms with van der Waals surface area (Å²) in [6, 6.07) is 5.63. The van der Waals surface area contributed by atoms with Gasteiger partial charge in [0.05, 0.1) is 5.52 Å². The van der Waals surface area contributed by atoms with Crippen LogP contribution in [0.5, 0.6) is 0 Å². The predicted molar refractivity (Wildman–Crippen MR) is 60.1 cm³/mol. The second-order valence-electron chi connectivity index (χ2n) is 2.62. The van der Waals surface area contributed by atoms with Crippen molar-refractivity contribution in [3.63, 3.8) is 0 Å². The second-order valence-corrected chi connectivity index (χ2v) is 3.81. The molecule has 6 heteroatoms. The van der Waals surface area contributed by atoms with Crippen molar-refractivity contribution in [2.24, 2.45) is 5.84 Å². The number of hydrazine groups is 1. The fraction of sp³-hybridized carbons (Fsp3) is 0. The lowest BCUT2D eigenvalue weighted by Crippen LogP contribution is -2.09. The molecule has 2 aromatic rings. The maximum atomic E-state index is 5.74. The van der Waals surface area contributed by atoms with Crippen molar-refractivity contribution in [3.05, 3.63) is 28.0 Å². The van der Waals surface area contributed by atoms with Crippen LogP contribution in [-0.2, 0) is 0 Å². The first kappa shape index (κ1) is 9.64. The zero-order valence-electron chi connectivity index (χ0n) is 6.96. The molecule has 4 nitrogen and oxygen atoms in total. The van der Waals surface area contributed by atoms with Crippen molar-refractivity contribution in [2.45, 2.75) is 0 Å². The Morgan fingerprint density at radius 3 is 2.86 bits per heavy atom. The van der Waals surface area contributed by atoms with Gasteiger partial charge in [-0.25, -0.2) is 10.8 Å². The number of nitrogens with zero attached hydrogens (tertiary/aromatic N) is 2. The highest BCUT2D eigenvalue weighted by Crippen LogP contribution is 2.27. The molecule has 0 spiro atoms. The maximum absolute atomic E-state index is 5.74. The molecular formula is C8H6BrClN4. The Kier molecular flexibility index (Phi) is 2.54. The van der Waals surface area contributed by atoms with Crippen molar-refractivity contribution >= 4 is 44.3 Å². The lowest BCUT2D eigenvalue weighted by atomic mass is 10.2. The molecule has 0 bridgehead atoms. The van der Waals surface area contributed by atoms with Crippen molar-refractivity contribution in [1.29, 1.82) is 0 Å². The zero-order valence-corrected chi connectivity index (χ0v) is 9.30. The Morgan fingerprint density at radius 1 is 1.36 bits per heavy atom. The van der Waals surface area contributed by atoms with E-state index in [0.717, 1.165) is 15.4 Å². The quantitative estimate of drug-likeness (QED) is 0.475. The summed E-state index contributed by atoms with van der Waals surface area (Å²) < 4.78 is 0.857. The highest BCUT2D eigenvalue weighted by atomic mass is 79.9. The topological polar surface area (TPSA) is 63.8 Å². The summed E-state index contributed by atoms with van der Waals surface area (Å²) in [6.45, 7) is 0. The van der Waals surface area contributed by atoms with Gasteiger partial charge in [-0.2, -0.15) is 4.98 Å². The van der Waals surface area contributed by atoms with E-state index in [0.29, 0.717) is 5.82 Å². The Hall–Kier alpha value is -0.910. The predicted octanol–water partition coefficient (Wildman–Crippen LogP) is 2.33. The van der Waals surface area contributed by atoms with E-state index in [4.69, 9.17) is 17.4 Å². The molecule has 1 aromatic heterocycles. The SMILES string of the molecule is NNc1nc(Cl)nc2c(Br)cccc12. The third kappa shape index (κ3) is 1.54. The number of benzene rings is 1. The van der Waals surface area contributed by atoms with Gasteiger partial charge >= 0.3 is 0 Å². The average molecular weight is 274 g/mol. The van der Waals surface area contributed by atoms with Crippen LogP contribution in [0.3, 0.4) is 0 Å². The molecule has 3 N–H and O–H groups in total. The molecule has 0 aliphatic carbocycles. The third-order valence-electron chi connectivity index (χ3n) is 1.79. The number of rotatable bonds is 1. The number of aromatic nitrogens is 2. The van der Waals surface area contributed by atoms with Crippen LogP contribution >= 0.6 is 27.5 Å². The van der Waals surface area contributed by atoms with Crippen LogP contribution in [0.4, 0.5) is 5.82 Å². The summed E-state index contributed by atoms with van der Waals surface area (Å²) in [4.78, 5) is 8.05. The van der Waals surface area contributed by atoms with Crippen LogP contribution in [0.25, 0.3) is 10.9 Å². The Balaban J connectivity index is 2.87. The Labute approximate surface area is 93.6 Å². The van der Waals surface area contributed by atoms with Gasteiger partial charge in [0.1, 0.15) is 0 Å². The van der Waals surface area contributed by atoms with E-state index in [1.165, 1.54) is 0 Å². The van der Waals surface area contributed by atoms with E-state index in [-0.39, 0.29) is 5.28 Å². The molecule has 1 aromatic carbocycles. The highest BCUT2D eigenvalue weighted by Gasteiger charge is 2.07. The van der Waals surface area contributed by atoms with Gasteiger partial charge < -0.3 is 5.43 Å². The van der Waals surface area contributed by atoms with Gasteiger partial charge in [0.15, 0.2) is 5.82 Å². The lowest BCUT2D eigenvalue weighted by Gasteiger charge is -2.05. The number of fused-ring (bicyclic) bond motifs is 1. The van der Waals surface area contributed by atoms with Crippen LogP contribution in [0, 0.1) is 0 Å². The summed E-state index contributed by atoms with van der Waals surface area (Å²) in [5.74, 6) is 5.84. The maximum Gasteiger partial charge on any atom is 0.224 e. The monoisotopic (exact) mass is 272 g/mol. The Bertz CT molecular complexity index is 488. The number of anilines is 1. The molecule has 0 saturated carbocycles. The van der Waals surface area contributed by atoms with Gasteiger partial charge in [-0.3, -0.25) is 0 Å². The lowest BCUT2D eigenvalue weighted by molar-refractivity contribution is 1.18. The van der Waals surface area contributed by atoms with E-state index in [1.807, 2.05) is 18.2 Å². The number of para-hydroxylation sites is 1. The molecule has 72 valence electrons. The molecule has 0 amide bonds. The molecule has 1 heterocycles. The van der Waals surface area contributed by atoms with Crippen molar-refractivity contribution in [2.75, 3.05) is 5.43 Å². The van der Waals surface area contributed by atoms with Gasteiger partial charge in [-0.05, 0) is 39.7 Å². The van der Waals surface area contributed by atoms with Crippen molar-refractivity contribution < 1.29 is 0 Å². The summed E-state index contributed by atoms with van der Waals surface area (Å²) in [7, 11) is 0. The smallest absolute Gasteiger partial charge is 0.224 e. The van der Waals surface area contributed by atoms with E-state index in [9.17, 15) is 0 Å². The van der Waals surface area contributed by atoms with E-state index < -0.39 is 0 Å². The van der Waals surface area contributed by atoms with Gasteiger partial charge in [0.25, 0.3) is 0 Å². The number of nitrogens with two attached hydrogens (primary N) is 1. The molecule has 0 aliphatic heterocycles. The van der Waals surface area contributed by atoms with Crippen LogP contribution in [0.2, 0.25) is 5.28 Å². The largest absolute Gasteiger partial charge is 0.308 e.